The van der Waals surface area contributed by atoms with Crippen molar-refractivity contribution in [2.24, 2.45) is 0 Å². The Morgan fingerprint density at radius 2 is 1.71 bits per heavy atom. The van der Waals surface area contributed by atoms with Crippen molar-refractivity contribution in [1.82, 2.24) is 10.2 Å². The van der Waals surface area contributed by atoms with E-state index in [4.69, 9.17) is 17.0 Å². The number of nitrogens with zero attached hydrogens (tertiary/aromatic N) is 2. The lowest BCUT2D eigenvalue weighted by molar-refractivity contribution is -0.129. The molecule has 0 radical (unpaired) electrons. The number of amides is 2. The van der Waals surface area contributed by atoms with Gasteiger partial charge in [-0.1, -0.05) is 24.3 Å². The number of hydrogen-bond acceptors (Lipinski definition) is 5. The number of methoxy groups -OCH3 is 1. The number of benzene rings is 2. The molecular weight excluding hydrogens is 412 g/mol. The molecule has 162 valence electrons. The molecule has 3 rings (SSSR count). The quantitative estimate of drug-likeness (QED) is 0.552. The highest BCUT2D eigenvalue weighted by Gasteiger charge is 2.20. The van der Waals surface area contributed by atoms with Gasteiger partial charge in [-0.2, -0.15) is 0 Å². The molecule has 1 heterocycles. The molecule has 2 N–H and O–H groups in total. The van der Waals surface area contributed by atoms with E-state index in [1.165, 1.54) is 6.08 Å². The van der Waals surface area contributed by atoms with Gasteiger partial charge >= 0.3 is 0 Å². The summed E-state index contributed by atoms with van der Waals surface area (Å²) in [5.74, 6) is 0.534. The molecule has 0 atom stereocenters. The lowest BCUT2D eigenvalue weighted by Crippen LogP contribution is -2.48. The molecule has 31 heavy (non-hydrogen) atoms. The standard InChI is InChI=1S/C23H26N4O3S/c1-17(28)26-13-15-27(16-14-26)21-6-4-3-5-20(21)24-23(31)25-22(29)12-9-18-7-10-19(30-2)11-8-18/h3-12H,13-16H2,1-2H3,(H2,24,25,29,31)/b12-9+. The molecule has 2 amide bonds. The number of hydrogen-bond donors (Lipinski definition) is 2. The maximum Gasteiger partial charge on any atom is 0.250 e. The number of rotatable bonds is 5. The van der Waals surface area contributed by atoms with E-state index in [2.05, 4.69) is 15.5 Å². The zero-order chi connectivity index (χ0) is 22.2. The molecule has 0 spiro atoms. The summed E-state index contributed by atoms with van der Waals surface area (Å²) in [6.07, 6.45) is 3.14. The minimum absolute atomic E-state index is 0.0950. The molecule has 1 fully saturated rings. The number of carbonyl (C=O) groups excluding carboxylic acids is 2. The summed E-state index contributed by atoms with van der Waals surface area (Å²) in [5, 5.41) is 6.01. The molecule has 1 aliphatic rings. The van der Waals surface area contributed by atoms with E-state index >= 15 is 0 Å². The topological polar surface area (TPSA) is 73.9 Å². The number of carbonyl (C=O) groups is 2. The zero-order valence-corrected chi connectivity index (χ0v) is 18.4. The molecular formula is C23H26N4O3S. The van der Waals surface area contributed by atoms with Gasteiger partial charge in [0.25, 0.3) is 0 Å². The molecule has 0 saturated carbocycles. The van der Waals surface area contributed by atoms with E-state index in [0.29, 0.717) is 13.1 Å². The first-order chi connectivity index (χ1) is 15.0. The third kappa shape index (κ3) is 6.29. The average molecular weight is 439 g/mol. The summed E-state index contributed by atoms with van der Waals surface area (Å²) in [4.78, 5) is 27.8. The molecule has 0 bridgehead atoms. The Kier molecular flexibility index (Phi) is 7.61. The van der Waals surface area contributed by atoms with Gasteiger partial charge in [0.2, 0.25) is 11.8 Å². The minimum atomic E-state index is -0.319. The van der Waals surface area contributed by atoms with Crippen molar-refractivity contribution >= 4 is 46.6 Å². The zero-order valence-electron chi connectivity index (χ0n) is 17.6. The fourth-order valence-electron chi connectivity index (χ4n) is 3.31. The second kappa shape index (κ2) is 10.6. The van der Waals surface area contributed by atoms with Crippen LogP contribution in [0.15, 0.2) is 54.6 Å². The highest BCUT2D eigenvalue weighted by molar-refractivity contribution is 7.80. The number of nitrogens with one attached hydrogen (secondary N) is 2. The Bertz CT molecular complexity index is 967. The van der Waals surface area contributed by atoms with Gasteiger partial charge in [0.15, 0.2) is 5.11 Å². The summed E-state index contributed by atoms with van der Waals surface area (Å²) in [6.45, 7) is 4.43. The normalized spacial score (nSPS) is 13.7. The first kappa shape index (κ1) is 22.3. The van der Waals surface area contributed by atoms with E-state index in [-0.39, 0.29) is 16.9 Å². The van der Waals surface area contributed by atoms with Crippen molar-refractivity contribution < 1.29 is 14.3 Å². The first-order valence-corrected chi connectivity index (χ1v) is 10.4. The number of thiocarbonyl (C=S) groups is 1. The van der Waals surface area contributed by atoms with E-state index in [1.54, 1.807) is 20.1 Å². The Labute approximate surface area is 187 Å². The van der Waals surface area contributed by atoms with Crippen LogP contribution in [0.25, 0.3) is 6.08 Å². The Morgan fingerprint density at radius 3 is 2.35 bits per heavy atom. The van der Waals surface area contributed by atoms with Crippen LogP contribution in [0.3, 0.4) is 0 Å². The van der Waals surface area contributed by atoms with E-state index in [9.17, 15) is 9.59 Å². The Morgan fingerprint density at radius 1 is 1.03 bits per heavy atom. The fraction of sp³-hybridized carbons (Fsp3) is 0.261. The van der Waals surface area contributed by atoms with E-state index < -0.39 is 0 Å². The van der Waals surface area contributed by atoms with E-state index in [0.717, 1.165) is 35.8 Å². The van der Waals surface area contributed by atoms with Crippen LogP contribution in [-0.2, 0) is 9.59 Å². The molecule has 7 nitrogen and oxygen atoms in total. The van der Waals surface area contributed by atoms with Gasteiger partial charge < -0.3 is 19.9 Å². The average Bonchev–Trinajstić information content (AvgIpc) is 2.78. The molecule has 2 aromatic carbocycles. The highest BCUT2D eigenvalue weighted by atomic mass is 32.1. The van der Waals surface area contributed by atoms with Crippen LogP contribution >= 0.6 is 12.2 Å². The smallest absolute Gasteiger partial charge is 0.250 e. The fourth-order valence-corrected chi connectivity index (χ4v) is 3.52. The minimum Gasteiger partial charge on any atom is -0.497 e. The van der Waals surface area contributed by atoms with Gasteiger partial charge in [0.1, 0.15) is 5.75 Å². The number of anilines is 2. The molecule has 0 unspecified atom stereocenters. The van der Waals surface area contributed by atoms with Gasteiger partial charge in [0, 0.05) is 39.2 Å². The summed E-state index contributed by atoms with van der Waals surface area (Å²) >= 11 is 5.33. The van der Waals surface area contributed by atoms with Crippen molar-refractivity contribution in [3.8, 4) is 5.75 Å². The van der Waals surface area contributed by atoms with Gasteiger partial charge in [-0.3, -0.25) is 14.9 Å². The lowest BCUT2D eigenvalue weighted by atomic mass is 10.2. The van der Waals surface area contributed by atoms with Crippen molar-refractivity contribution in [2.45, 2.75) is 6.92 Å². The van der Waals surface area contributed by atoms with Gasteiger partial charge in [-0.05, 0) is 48.1 Å². The lowest BCUT2D eigenvalue weighted by Gasteiger charge is -2.36. The van der Waals surface area contributed by atoms with Crippen molar-refractivity contribution in [1.29, 1.82) is 0 Å². The van der Waals surface area contributed by atoms with Crippen molar-refractivity contribution in [2.75, 3.05) is 43.5 Å². The second-order valence-electron chi connectivity index (χ2n) is 7.06. The first-order valence-electron chi connectivity index (χ1n) is 10.00. The number of piperazine rings is 1. The van der Waals surface area contributed by atoms with Crippen molar-refractivity contribution in [3.63, 3.8) is 0 Å². The molecule has 1 aliphatic heterocycles. The van der Waals surface area contributed by atoms with Gasteiger partial charge in [-0.15, -0.1) is 0 Å². The number of para-hydroxylation sites is 2. The van der Waals surface area contributed by atoms with E-state index in [1.807, 2.05) is 53.4 Å². The van der Waals surface area contributed by atoms with Crippen LogP contribution in [0.4, 0.5) is 11.4 Å². The molecule has 2 aromatic rings. The predicted molar refractivity (Wildman–Crippen MR) is 127 cm³/mol. The maximum absolute atomic E-state index is 12.2. The van der Waals surface area contributed by atoms with Crippen LogP contribution in [-0.4, -0.2) is 55.1 Å². The Balaban J connectivity index is 1.57. The molecule has 8 heteroatoms. The molecule has 1 saturated heterocycles. The summed E-state index contributed by atoms with van der Waals surface area (Å²) < 4.78 is 5.12. The van der Waals surface area contributed by atoms with Gasteiger partial charge in [-0.25, -0.2) is 0 Å². The summed E-state index contributed by atoms with van der Waals surface area (Å²) in [5.41, 5.74) is 2.67. The van der Waals surface area contributed by atoms with Gasteiger partial charge in [0.05, 0.1) is 18.5 Å². The largest absolute Gasteiger partial charge is 0.497 e. The monoisotopic (exact) mass is 438 g/mol. The SMILES string of the molecule is COc1ccc(/C=C/C(=O)NC(=S)Nc2ccccc2N2CCN(C(C)=O)CC2)cc1. The van der Waals surface area contributed by atoms with Crippen LogP contribution in [0.1, 0.15) is 12.5 Å². The van der Waals surface area contributed by atoms with Crippen LogP contribution in [0, 0.1) is 0 Å². The third-order valence-corrected chi connectivity index (χ3v) is 5.20. The molecule has 0 aromatic heterocycles. The predicted octanol–water partition coefficient (Wildman–Crippen LogP) is 2.89. The maximum atomic E-state index is 12.2. The molecule has 0 aliphatic carbocycles. The van der Waals surface area contributed by atoms with Crippen molar-refractivity contribution in [3.05, 3.63) is 60.2 Å². The van der Waals surface area contributed by atoms with Crippen LogP contribution < -0.4 is 20.3 Å². The number of ether oxygens (including phenoxy) is 1. The summed E-state index contributed by atoms with van der Waals surface area (Å²) in [7, 11) is 1.61. The Hall–Kier alpha value is -3.39. The second-order valence-corrected chi connectivity index (χ2v) is 7.47. The third-order valence-electron chi connectivity index (χ3n) is 5.00. The van der Waals surface area contributed by atoms with Crippen LogP contribution in [0.5, 0.6) is 5.75 Å². The highest BCUT2D eigenvalue weighted by Crippen LogP contribution is 2.26. The van der Waals surface area contributed by atoms with Crippen LogP contribution in [0.2, 0.25) is 0 Å². The summed E-state index contributed by atoms with van der Waals surface area (Å²) in [6, 6.07) is 15.2.